The maximum absolute atomic E-state index is 13.2. The quantitative estimate of drug-likeness (QED) is 0.497. The number of nitrogens with zero attached hydrogens (tertiary/aromatic N) is 2. The summed E-state index contributed by atoms with van der Waals surface area (Å²) in [6.45, 7) is 8.16. The highest BCUT2D eigenvalue weighted by atomic mass is 35.5. The van der Waals surface area contributed by atoms with Crippen molar-refractivity contribution in [2.24, 2.45) is 0 Å². The van der Waals surface area contributed by atoms with E-state index in [-0.39, 0.29) is 24.8 Å². The number of carbonyl (C=O) groups excluding carboxylic acids is 2. The molecule has 0 saturated heterocycles. The molecule has 2 rings (SSSR count). The number of sulfonamides is 1. The Kier molecular flexibility index (Phi) is 9.94. The van der Waals surface area contributed by atoms with E-state index in [1.165, 1.54) is 4.31 Å². The molecule has 0 saturated carbocycles. The molecule has 0 spiro atoms. The fourth-order valence-electron chi connectivity index (χ4n) is 3.76. The van der Waals surface area contributed by atoms with Crippen LogP contribution in [0.3, 0.4) is 0 Å². The number of aryl methyl sites for hydroxylation is 1. The number of hydrogen-bond acceptors (Lipinski definition) is 4. The number of amides is 2. The summed E-state index contributed by atoms with van der Waals surface area (Å²) in [6.07, 6.45) is 1.53. The molecule has 1 atom stereocenters. The van der Waals surface area contributed by atoms with Gasteiger partial charge in [-0.25, -0.2) is 8.42 Å². The molecule has 2 aromatic rings. The average molecular weight is 508 g/mol. The van der Waals surface area contributed by atoms with Gasteiger partial charge in [0.05, 0.1) is 11.9 Å². The maximum Gasteiger partial charge on any atom is 0.242 e. The lowest BCUT2D eigenvalue weighted by Gasteiger charge is -2.29. The first-order valence-corrected chi connectivity index (χ1v) is 13.5. The summed E-state index contributed by atoms with van der Waals surface area (Å²) in [5.41, 5.74) is 3.15. The standard InChI is InChI=1S/C25H34ClN3O4S/c1-6-27-25(31)20(4)28(17-21-11-7-10-18(2)16-21)24(30)14-9-15-29(34(5,32)33)23-13-8-12-22(26)19(23)3/h7-8,10-13,16,20H,6,9,14-15,17H2,1-5H3,(H,27,31)/t20-/m1/s1. The van der Waals surface area contributed by atoms with Gasteiger partial charge in [0.25, 0.3) is 0 Å². The van der Waals surface area contributed by atoms with E-state index in [4.69, 9.17) is 11.6 Å². The lowest BCUT2D eigenvalue weighted by molar-refractivity contribution is -0.140. The normalized spacial score (nSPS) is 12.2. The van der Waals surface area contributed by atoms with Crippen LogP contribution in [0.5, 0.6) is 0 Å². The third kappa shape index (κ3) is 7.46. The van der Waals surface area contributed by atoms with Crippen LogP contribution in [0.15, 0.2) is 42.5 Å². The first kappa shape index (κ1) is 27.7. The minimum atomic E-state index is -3.58. The van der Waals surface area contributed by atoms with Crippen molar-refractivity contribution in [1.82, 2.24) is 10.2 Å². The Morgan fingerprint density at radius 3 is 2.41 bits per heavy atom. The van der Waals surface area contributed by atoms with Gasteiger partial charge in [-0.2, -0.15) is 0 Å². The zero-order valence-electron chi connectivity index (χ0n) is 20.5. The topological polar surface area (TPSA) is 86.8 Å². The molecule has 2 aromatic carbocycles. The third-order valence-corrected chi connectivity index (χ3v) is 7.20. The maximum atomic E-state index is 13.2. The van der Waals surface area contributed by atoms with Gasteiger partial charge < -0.3 is 10.2 Å². The number of nitrogens with one attached hydrogen (secondary N) is 1. The van der Waals surface area contributed by atoms with E-state index in [2.05, 4.69) is 5.32 Å². The van der Waals surface area contributed by atoms with Gasteiger partial charge in [0.2, 0.25) is 21.8 Å². The molecule has 186 valence electrons. The van der Waals surface area contributed by atoms with Crippen molar-refractivity contribution < 1.29 is 18.0 Å². The van der Waals surface area contributed by atoms with Crippen molar-refractivity contribution in [1.29, 1.82) is 0 Å². The molecule has 2 amide bonds. The summed E-state index contributed by atoms with van der Waals surface area (Å²) in [5, 5.41) is 3.25. The number of hydrogen-bond donors (Lipinski definition) is 1. The first-order chi connectivity index (χ1) is 16.0. The van der Waals surface area contributed by atoms with Crippen molar-refractivity contribution in [3.63, 3.8) is 0 Å². The molecule has 0 aromatic heterocycles. The number of anilines is 1. The summed E-state index contributed by atoms with van der Waals surface area (Å²) < 4.78 is 26.2. The van der Waals surface area contributed by atoms with E-state index in [0.29, 0.717) is 35.8 Å². The molecule has 7 nitrogen and oxygen atoms in total. The van der Waals surface area contributed by atoms with Crippen molar-refractivity contribution in [3.8, 4) is 0 Å². The molecule has 0 aliphatic heterocycles. The third-order valence-electron chi connectivity index (χ3n) is 5.61. The molecular weight excluding hydrogens is 474 g/mol. The van der Waals surface area contributed by atoms with Crippen LogP contribution >= 0.6 is 11.6 Å². The van der Waals surface area contributed by atoms with Crippen LogP contribution in [0, 0.1) is 13.8 Å². The van der Waals surface area contributed by atoms with E-state index in [0.717, 1.165) is 17.4 Å². The molecule has 0 radical (unpaired) electrons. The molecule has 34 heavy (non-hydrogen) atoms. The smallest absolute Gasteiger partial charge is 0.242 e. The van der Waals surface area contributed by atoms with E-state index in [1.807, 2.05) is 38.1 Å². The average Bonchev–Trinajstić information content (AvgIpc) is 2.76. The molecule has 0 unspecified atom stereocenters. The van der Waals surface area contributed by atoms with Gasteiger partial charge in [0.1, 0.15) is 6.04 Å². The molecule has 9 heteroatoms. The predicted octanol–water partition coefficient (Wildman–Crippen LogP) is 4.06. The summed E-state index contributed by atoms with van der Waals surface area (Å²) in [4.78, 5) is 27.3. The Hall–Kier alpha value is -2.58. The SMILES string of the molecule is CCNC(=O)[C@@H](C)N(Cc1cccc(C)c1)C(=O)CCCN(c1cccc(Cl)c1C)S(C)(=O)=O. The lowest BCUT2D eigenvalue weighted by atomic mass is 10.1. The van der Waals surface area contributed by atoms with E-state index >= 15 is 0 Å². The van der Waals surface area contributed by atoms with Gasteiger partial charge in [-0.05, 0) is 57.4 Å². The zero-order chi connectivity index (χ0) is 25.5. The van der Waals surface area contributed by atoms with Gasteiger partial charge in [0, 0.05) is 31.1 Å². The van der Waals surface area contributed by atoms with Gasteiger partial charge in [0.15, 0.2) is 0 Å². The van der Waals surface area contributed by atoms with Crippen LogP contribution in [0.25, 0.3) is 0 Å². The molecule has 0 heterocycles. The minimum absolute atomic E-state index is 0.0984. The fraction of sp³-hybridized carbons (Fsp3) is 0.440. The molecule has 0 aliphatic rings. The van der Waals surface area contributed by atoms with E-state index in [1.54, 1.807) is 36.9 Å². The summed E-state index contributed by atoms with van der Waals surface area (Å²) in [5.74, 6) is -0.438. The highest BCUT2D eigenvalue weighted by Crippen LogP contribution is 2.28. The van der Waals surface area contributed by atoms with Crippen molar-refractivity contribution in [2.45, 2.75) is 53.1 Å². The number of likely N-dealkylation sites (N-methyl/N-ethyl adjacent to an activating group) is 1. The zero-order valence-corrected chi connectivity index (χ0v) is 22.0. The van der Waals surface area contributed by atoms with Crippen LogP contribution in [0.2, 0.25) is 5.02 Å². The molecule has 0 fully saturated rings. The largest absolute Gasteiger partial charge is 0.355 e. The molecular formula is C25H34ClN3O4S. The van der Waals surface area contributed by atoms with Crippen LogP contribution in [0.4, 0.5) is 5.69 Å². The Morgan fingerprint density at radius 2 is 1.79 bits per heavy atom. The molecule has 0 aliphatic carbocycles. The fourth-order valence-corrected chi connectivity index (χ4v) is 4.95. The Morgan fingerprint density at radius 1 is 1.12 bits per heavy atom. The van der Waals surface area contributed by atoms with Crippen molar-refractivity contribution >= 4 is 39.1 Å². The Balaban J connectivity index is 2.19. The van der Waals surface area contributed by atoms with Crippen molar-refractivity contribution in [2.75, 3.05) is 23.7 Å². The van der Waals surface area contributed by atoms with E-state index in [9.17, 15) is 18.0 Å². The molecule has 1 N–H and O–H groups in total. The highest BCUT2D eigenvalue weighted by molar-refractivity contribution is 7.92. The van der Waals surface area contributed by atoms with Crippen molar-refractivity contribution in [3.05, 3.63) is 64.2 Å². The van der Waals surface area contributed by atoms with Crippen LogP contribution < -0.4 is 9.62 Å². The molecule has 0 bridgehead atoms. The Labute approximate surface area is 208 Å². The highest BCUT2D eigenvalue weighted by Gasteiger charge is 2.26. The van der Waals surface area contributed by atoms with Gasteiger partial charge in [-0.15, -0.1) is 0 Å². The first-order valence-electron chi connectivity index (χ1n) is 11.3. The second-order valence-electron chi connectivity index (χ2n) is 8.40. The summed E-state index contributed by atoms with van der Waals surface area (Å²) in [7, 11) is -3.58. The second-order valence-corrected chi connectivity index (χ2v) is 10.7. The Bertz CT molecular complexity index is 1120. The number of halogens is 1. The number of carbonyl (C=O) groups is 2. The van der Waals surface area contributed by atoms with Crippen LogP contribution in [-0.4, -0.2) is 50.5 Å². The van der Waals surface area contributed by atoms with Gasteiger partial charge in [-0.1, -0.05) is 47.5 Å². The van der Waals surface area contributed by atoms with Gasteiger partial charge in [-0.3, -0.25) is 13.9 Å². The number of rotatable bonds is 11. The van der Waals surface area contributed by atoms with E-state index < -0.39 is 16.1 Å². The summed E-state index contributed by atoms with van der Waals surface area (Å²) in [6, 6.07) is 12.2. The minimum Gasteiger partial charge on any atom is -0.355 e. The monoisotopic (exact) mass is 507 g/mol. The van der Waals surface area contributed by atoms with Gasteiger partial charge >= 0.3 is 0 Å². The summed E-state index contributed by atoms with van der Waals surface area (Å²) >= 11 is 6.19. The second kappa shape index (κ2) is 12.2. The predicted molar refractivity (Wildman–Crippen MR) is 137 cm³/mol. The van der Waals surface area contributed by atoms with Crippen LogP contribution in [0.1, 0.15) is 43.4 Å². The lowest BCUT2D eigenvalue weighted by Crippen LogP contribution is -2.47. The number of benzene rings is 2. The van der Waals surface area contributed by atoms with Crippen LogP contribution in [-0.2, 0) is 26.2 Å².